The lowest BCUT2D eigenvalue weighted by Gasteiger charge is -2.05. The van der Waals surface area contributed by atoms with Crippen LogP contribution in [0.25, 0.3) is 16.8 Å². The fourth-order valence-corrected chi connectivity index (χ4v) is 2.40. The molecule has 0 aliphatic rings. The molecular weight excluding hydrogens is 292 g/mol. The van der Waals surface area contributed by atoms with Gasteiger partial charge in [-0.15, -0.1) is 0 Å². The topological polar surface area (TPSA) is 86.3 Å². The predicted molar refractivity (Wildman–Crippen MR) is 84.5 cm³/mol. The van der Waals surface area contributed by atoms with Gasteiger partial charge < -0.3 is 14.8 Å². The Hall–Kier alpha value is -3.52. The van der Waals surface area contributed by atoms with Crippen molar-refractivity contribution in [1.82, 2.24) is 4.57 Å². The number of carboxylic acid groups (broad SMARTS) is 1. The summed E-state index contributed by atoms with van der Waals surface area (Å²) < 4.78 is 1.67. The van der Waals surface area contributed by atoms with Crippen LogP contribution in [0.5, 0.6) is 5.75 Å². The van der Waals surface area contributed by atoms with Crippen LogP contribution in [0.1, 0.15) is 15.9 Å². The lowest BCUT2D eigenvalue weighted by atomic mass is 10.1. The standard InChI is InChI=1S/C18H12N2O3/c19-9-13-10-20(11-16(13)12-4-2-1-3-5-12)14-6-7-17(21)15(8-14)18(22)23/h1-8,10-11,21H,(H,22,23). The summed E-state index contributed by atoms with van der Waals surface area (Å²) in [7, 11) is 0. The first-order chi connectivity index (χ1) is 11.1. The summed E-state index contributed by atoms with van der Waals surface area (Å²) in [5.41, 5.74) is 2.52. The molecule has 0 aliphatic heterocycles. The van der Waals surface area contributed by atoms with Crippen LogP contribution in [0.2, 0.25) is 0 Å². The molecule has 0 saturated heterocycles. The number of rotatable bonds is 3. The van der Waals surface area contributed by atoms with Crippen molar-refractivity contribution >= 4 is 5.97 Å². The average molecular weight is 304 g/mol. The zero-order valence-electron chi connectivity index (χ0n) is 12.0. The minimum Gasteiger partial charge on any atom is -0.507 e. The highest BCUT2D eigenvalue weighted by molar-refractivity contribution is 5.91. The Morgan fingerprint density at radius 2 is 1.83 bits per heavy atom. The number of carboxylic acids is 1. The molecule has 2 N–H and O–H groups in total. The van der Waals surface area contributed by atoms with Crippen LogP contribution in [-0.4, -0.2) is 20.7 Å². The summed E-state index contributed by atoms with van der Waals surface area (Å²) >= 11 is 0. The highest BCUT2D eigenvalue weighted by Gasteiger charge is 2.13. The number of aromatic carboxylic acids is 1. The van der Waals surface area contributed by atoms with Crippen LogP contribution in [0.4, 0.5) is 0 Å². The maximum absolute atomic E-state index is 11.1. The van der Waals surface area contributed by atoms with E-state index in [0.717, 1.165) is 11.1 Å². The summed E-state index contributed by atoms with van der Waals surface area (Å²) in [5.74, 6) is -1.50. The van der Waals surface area contributed by atoms with Crippen LogP contribution in [0, 0.1) is 11.3 Å². The molecule has 2 aromatic carbocycles. The van der Waals surface area contributed by atoms with Crippen molar-refractivity contribution < 1.29 is 15.0 Å². The number of nitrogens with zero attached hydrogens (tertiary/aromatic N) is 2. The summed E-state index contributed by atoms with van der Waals surface area (Å²) in [5, 5.41) is 28.0. The summed E-state index contributed by atoms with van der Waals surface area (Å²) in [4.78, 5) is 11.1. The summed E-state index contributed by atoms with van der Waals surface area (Å²) in [6, 6.07) is 15.9. The first-order valence-corrected chi connectivity index (χ1v) is 6.84. The molecule has 5 nitrogen and oxygen atoms in total. The van der Waals surface area contributed by atoms with E-state index in [2.05, 4.69) is 6.07 Å². The van der Waals surface area contributed by atoms with Gasteiger partial charge in [-0.2, -0.15) is 5.26 Å². The maximum Gasteiger partial charge on any atom is 0.339 e. The van der Waals surface area contributed by atoms with E-state index in [1.165, 1.54) is 12.1 Å². The Bertz CT molecular complexity index is 921. The fourth-order valence-electron chi connectivity index (χ4n) is 2.40. The maximum atomic E-state index is 11.1. The van der Waals surface area contributed by atoms with Gasteiger partial charge in [-0.05, 0) is 23.8 Å². The van der Waals surface area contributed by atoms with Crippen molar-refractivity contribution in [2.24, 2.45) is 0 Å². The second-order valence-electron chi connectivity index (χ2n) is 4.98. The van der Waals surface area contributed by atoms with Gasteiger partial charge >= 0.3 is 5.97 Å². The SMILES string of the molecule is N#Cc1cn(-c2ccc(O)c(C(=O)O)c2)cc1-c1ccccc1. The zero-order valence-corrected chi connectivity index (χ0v) is 12.0. The number of aromatic hydroxyl groups is 1. The number of benzene rings is 2. The molecule has 112 valence electrons. The van der Waals surface area contributed by atoms with E-state index in [1.807, 2.05) is 30.3 Å². The lowest BCUT2D eigenvalue weighted by Crippen LogP contribution is -1.99. The highest BCUT2D eigenvalue weighted by atomic mass is 16.4. The quantitative estimate of drug-likeness (QED) is 0.776. The van der Waals surface area contributed by atoms with Crippen molar-refractivity contribution in [3.63, 3.8) is 0 Å². The zero-order chi connectivity index (χ0) is 16.4. The Labute approximate surface area is 132 Å². The van der Waals surface area contributed by atoms with Crippen molar-refractivity contribution in [1.29, 1.82) is 5.26 Å². The molecule has 5 heteroatoms. The molecule has 0 radical (unpaired) electrons. The van der Waals surface area contributed by atoms with Crippen LogP contribution in [0.3, 0.4) is 0 Å². The molecule has 0 unspecified atom stereocenters. The first-order valence-electron chi connectivity index (χ1n) is 6.84. The minimum atomic E-state index is -1.21. The Balaban J connectivity index is 2.13. The van der Waals surface area contributed by atoms with Crippen molar-refractivity contribution in [2.75, 3.05) is 0 Å². The summed E-state index contributed by atoms with van der Waals surface area (Å²) in [6.45, 7) is 0. The van der Waals surface area contributed by atoms with Gasteiger partial charge in [-0.25, -0.2) is 4.79 Å². The number of hydrogen-bond acceptors (Lipinski definition) is 3. The van der Waals surface area contributed by atoms with Gasteiger partial charge in [-0.3, -0.25) is 0 Å². The van der Waals surface area contributed by atoms with E-state index in [0.29, 0.717) is 11.3 Å². The predicted octanol–water partition coefficient (Wildman–Crippen LogP) is 3.42. The highest BCUT2D eigenvalue weighted by Crippen LogP contribution is 2.27. The molecule has 0 spiro atoms. The number of phenols is 1. The molecule has 3 aromatic rings. The van der Waals surface area contributed by atoms with Crippen LogP contribution >= 0.6 is 0 Å². The number of aromatic nitrogens is 1. The molecule has 0 aliphatic carbocycles. The Morgan fingerprint density at radius 1 is 1.09 bits per heavy atom. The third-order valence-corrected chi connectivity index (χ3v) is 3.54. The molecule has 23 heavy (non-hydrogen) atoms. The van der Waals surface area contributed by atoms with E-state index < -0.39 is 5.97 Å². The van der Waals surface area contributed by atoms with Gasteiger partial charge in [0.15, 0.2) is 0 Å². The van der Waals surface area contributed by atoms with Gasteiger partial charge in [0.1, 0.15) is 17.4 Å². The molecule has 1 aromatic heterocycles. The van der Waals surface area contributed by atoms with Crippen molar-refractivity contribution in [2.45, 2.75) is 0 Å². The molecule has 3 rings (SSSR count). The Morgan fingerprint density at radius 3 is 2.48 bits per heavy atom. The third-order valence-electron chi connectivity index (χ3n) is 3.54. The van der Waals surface area contributed by atoms with E-state index in [-0.39, 0.29) is 11.3 Å². The second kappa shape index (κ2) is 5.70. The molecule has 0 fully saturated rings. The van der Waals surface area contributed by atoms with Gasteiger partial charge in [0.25, 0.3) is 0 Å². The fraction of sp³-hybridized carbons (Fsp3) is 0. The van der Waals surface area contributed by atoms with Crippen molar-refractivity contribution in [3.05, 3.63) is 72.1 Å². The van der Waals surface area contributed by atoms with E-state index >= 15 is 0 Å². The smallest absolute Gasteiger partial charge is 0.339 e. The largest absolute Gasteiger partial charge is 0.507 e. The normalized spacial score (nSPS) is 10.2. The first kappa shape index (κ1) is 14.4. The number of nitriles is 1. The Kier molecular flexibility index (Phi) is 3.57. The third kappa shape index (κ3) is 2.65. The molecule has 0 bridgehead atoms. The number of hydrogen-bond donors (Lipinski definition) is 2. The van der Waals surface area contributed by atoms with Gasteiger partial charge in [-0.1, -0.05) is 30.3 Å². The second-order valence-corrected chi connectivity index (χ2v) is 4.98. The van der Waals surface area contributed by atoms with E-state index in [4.69, 9.17) is 5.11 Å². The van der Waals surface area contributed by atoms with Crippen LogP contribution in [0.15, 0.2) is 60.9 Å². The van der Waals surface area contributed by atoms with Crippen LogP contribution < -0.4 is 0 Å². The van der Waals surface area contributed by atoms with Gasteiger partial charge in [0, 0.05) is 23.6 Å². The average Bonchev–Trinajstić information content (AvgIpc) is 3.00. The van der Waals surface area contributed by atoms with E-state index in [1.54, 1.807) is 23.0 Å². The molecule has 1 heterocycles. The monoisotopic (exact) mass is 304 g/mol. The molecule has 0 saturated carbocycles. The number of carbonyl (C=O) groups is 1. The van der Waals surface area contributed by atoms with Crippen molar-refractivity contribution in [3.8, 4) is 28.6 Å². The molecule has 0 amide bonds. The lowest BCUT2D eigenvalue weighted by molar-refractivity contribution is 0.0693. The van der Waals surface area contributed by atoms with E-state index in [9.17, 15) is 15.2 Å². The minimum absolute atomic E-state index is 0.184. The summed E-state index contributed by atoms with van der Waals surface area (Å²) in [6.07, 6.45) is 3.41. The van der Waals surface area contributed by atoms with Gasteiger partial charge in [0.05, 0.1) is 5.56 Å². The molecule has 0 atom stereocenters. The molecular formula is C18H12N2O3. The van der Waals surface area contributed by atoms with Crippen LogP contribution in [-0.2, 0) is 0 Å². The van der Waals surface area contributed by atoms with Gasteiger partial charge in [0.2, 0.25) is 0 Å².